The Morgan fingerprint density at radius 2 is 0.500 bits per heavy atom. The van der Waals surface area contributed by atoms with Crippen molar-refractivity contribution in [2.75, 3.05) is 0 Å². The van der Waals surface area contributed by atoms with Gasteiger partial charge in [0.2, 0.25) is 28.5 Å². The van der Waals surface area contributed by atoms with E-state index in [4.69, 9.17) is 0 Å². The molecule has 0 unspecified atom stereocenters. The summed E-state index contributed by atoms with van der Waals surface area (Å²) in [5.41, 5.74) is 40.4. The molecule has 10 aromatic carbocycles. The van der Waals surface area contributed by atoms with E-state index in [-0.39, 0.29) is 11.2 Å². The summed E-state index contributed by atoms with van der Waals surface area (Å²) in [5.74, 6) is 4.93. The zero-order chi connectivity index (χ0) is 98.6. The number of halogens is 1. The highest BCUT2D eigenvalue weighted by atomic mass is 19.1. The van der Waals surface area contributed by atoms with E-state index in [1.54, 1.807) is 11.1 Å². The van der Waals surface area contributed by atoms with Crippen molar-refractivity contribution < 1.29 is 27.2 Å². The molecule has 0 atom stereocenters. The Bertz CT molecular complexity index is 7050. The minimum Gasteiger partial charge on any atom is -0.206 e. The van der Waals surface area contributed by atoms with Gasteiger partial charge in [0.25, 0.3) is 0 Å². The van der Waals surface area contributed by atoms with Crippen molar-refractivity contribution in [3.05, 3.63) is 324 Å². The van der Waals surface area contributed by atoms with Crippen LogP contribution in [0.5, 0.6) is 0 Å². The van der Waals surface area contributed by atoms with E-state index in [1.165, 1.54) is 374 Å². The van der Waals surface area contributed by atoms with E-state index in [9.17, 15) is 4.39 Å². The SMILES string of the molecule is Cc1cc(-c2c3ccc(C4CCCCC4)cc3cc[n+]2C)c(C)c(C)c1F.Cc1cc(C(C)(C)C)cc(-c2c3ccc(C4CCCCC4)cc3cc[n+]2C)c1C.Cc1cc(C(C)C)cc(-c2c3ccc(C4CCCCC4)cc3cc[n+]2C)c1C.Cc1cc(C)c(C)c(-c2c3ccc(C4CCCCC4)cc3cc[n+]2C)c1.Cc1cc(C2CCCC2)cc(-c2c3ccc(C4CCCCC4)cc3cc[n+]2C)c1C. The molecule has 15 aromatic rings. The lowest BCUT2D eigenvalue weighted by atomic mass is 9.82. The first-order valence-corrected chi connectivity index (χ1v) is 54.7. The van der Waals surface area contributed by atoms with E-state index < -0.39 is 0 Å². The fraction of sp³-hybridized carbons (Fsp3) is 0.440. The van der Waals surface area contributed by atoms with Gasteiger partial charge in [-0.25, -0.2) is 27.2 Å². The van der Waals surface area contributed by atoms with Crippen LogP contribution >= 0.6 is 0 Å². The highest BCUT2D eigenvalue weighted by Gasteiger charge is 2.32. The Labute approximate surface area is 841 Å². The predicted molar refractivity (Wildman–Crippen MR) is 593 cm³/mol. The third kappa shape index (κ3) is 21.9. The minimum absolute atomic E-state index is 0.0845. The van der Waals surface area contributed by atoms with Crippen LogP contribution in [0.15, 0.2) is 207 Å². The van der Waals surface area contributed by atoms with Crippen LogP contribution in [0.2, 0.25) is 0 Å². The summed E-state index contributed by atoms with van der Waals surface area (Å²) in [5, 5.41) is 13.5. The van der Waals surface area contributed by atoms with Gasteiger partial charge in [-0.05, 0) is 400 Å². The van der Waals surface area contributed by atoms with Gasteiger partial charge in [-0.1, -0.05) is 234 Å². The summed E-state index contributed by atoms with van der Waals surface area (Å²) in [6.07, 6.45) is 50.9. The van der Waals surface area contributed by atoms with Crippen LogP contribution in [-0.2, 0) is 40.7 Å². The molecule has 0 bridgehead atoms. The monoisotopic (exact) mass is 1860 g/mol. The van der Waals surface area contributed by atoms with Crippen LogP contribution in [0, 0.1) is 88.9 Å². The van der Waals surface area contributed by atoms with E-state index in [0.717, 1.165) is 46.3 Å². The van der Waals surface area contributed by atoms with Crippen LogP contribution in [0.3, 0.4) is 0 Å². The maximum atomic E-state index is 14.4. The number of nitrogens with zero attached hydrogens (tertiary/aromatic N) is 5. The smallest absolute Gasteiger partial charge is 0.206 e. The van der Waals surface area contributed by atoms with Crippen molar-refractivity contribution >= 4 is 53.9 Å². The Kier molecular flexibility index (Phi) is 31.6. The van der Waals surface area contributed by atoms with Gasteiger partial charge in [-0.3, -0.25) is 0 Å². The topological polar surface area (TPSA) is 19.4 Å². The zero-order valence-corrected chi connectivity index (χ0v) is 89.8. The first-order chi connectivity index (χ1) is 67.3. The van der Waals surface area contributed by atoms with Gasteiger partial charge in [0.1, 0.15) is 41.1 Å². The minimum atomic E-state index is -0.0845. The average molecular weight is 1860 g/mol. The van der Waals surface area contributed by atoms with Gasteiger partial charge in [0.05, 0.1) is 54.7 Å². The van der Waals surface area contributed by atoms with Crippen molar-refractivity contribution in [1.29, 1.82) is 0 Å². The molecular weight excluding hydrogens is 1700 g/mol. The molecule has 6 saturated carbocycles. The molecule has 0 radical (unpaired) electrons. The maximum Gasteiger partial charge on any atom is 0.220 e. The number of benzene rings is 10. The van der Waals surface area contributed by atoms with Crippen LogP contribution in [0.1, 0.15) is 374 Å². The number of aryl methyl sites for hydroxylation is 11. The van der Waals surface area contributed by atoms with Crippen molar-refractivity contribution in [2.45, 2.75) is 351 Å². The lowest BCUT2D eigenvalue weighted by molar-refractivity contribution is -0.659. The second-order valence-corrected chi connectivity index (χ2v) is 45.7. The first kappa shape index (κ1) is 101. The highest BCUT2D eigenvalue weighted by Crippen LogP contribution is 2.47. The van der Waals surface area contributed by atoms with E-state index in [0.29, 0.717) is 17.4 Å². The number of aromatic nitrogens is 5. The summed E-state index contributed by atoms with van der Waals surface area (Å²) in [4.78, 5) is 0. The number of pyridine rings is 5. The second-order valence-electron chi connectivity index (χ2n) is 45.7. The molecule has 0 spiro atoms. The summed E-state index contributed by atoms with van der Waals surface area (Å²) >= 11 is 0. The number of hydrogen-bond acceptors (Lipinski definition) is 0. The summed E-state index contributed by atoms with van der Waals surface area (Å²) in [7, 11) is 10.8. The molecule has 140 heavy (non-hydrogen) atoms. The third-order valence-electron chi connectivity index (χ3n) is 34.7. The summed E-state index contributed by atoms with van der Waals surface area (Å²) in [6.45, 7) is 37.6. The van der Waals surface area contributed by atoms with Crippen molar-refractivity contribution in [1.82, 2.24) is 0 Å². The first-order valence-electron chi connectivity index (χ1n) is 54.7. The van der Waals surface area contributed by atoms with Crippen LogP contribution in [-0.4, -0.2) is 0 Å². The van der Waals surface area contributed by atoms with E-state index in [2.05, 4.69) is 356 Å². The fourth-order valence-corrected chi connectivity index (χ4v) is 25.3. The predicted octanol–water partition coefficient (Wildman–Crippen LogP) is 34.8. The highest BCUT2D eigenvalue weighted by molar-refractivity contribution is 5.99. The summed E-state index contributed by atoms with van der Waals surface area (Å²) < 4.78 is 25.7. The Morgan fingerprint density at radius 3 is 0.807 bits per heavy atom. The largest absolute Gasteiger partial charge is 0.220 e. The Hall–Kier alpha value is -10.8. The zero-order valence-electron chi connectivity index (χ0n) is 89.8. The van der Waals surface area contributed by atoms with Gasteiger partial charge in [-0.2, -0.15) is 0 Å². The molecule has 728 valence electrons. The van der Waals surface area contributed by atoms with Crippen LogP contribution in [0.25, 0.3) is 110 Å². The molecular formula is C134H165FN5+5. The summed E-state index contributed by atoms with van der Waals surface area (Å²) in [6, 6.07) is 68.5. The molecule has 0 amide bonds. The molecule has 0 aliphatic heterocycles. The second kappa shape index (κ2) is 44.0. The van der Waals surface area contributed by atoms with Crippen LogP contribution < -0.4 is 22.8 Å². The van der Waals surface area contributed by atoms with E-state index in [1.807, 2.05) is 26.8 Å². The number of fused-ring (bicyclic) bond motifs is 5. The molecule has 5 nitrogen and oxygen atoms in total. The fourth-order valence-electron chi connectivity index (χ4n) is 25.3. The molecule has 6 heteroatoms. The standard InChI is InChI=1S/C29H36N.C28H36N.C27H34N.C25H29FN.C25H30N/c1-20-17-26(23-11-7-8-12-23)19-28(21(20)2)29-27-14-13-24(22-9-5-4-6-10-22)18-25(27)15-16-30(29)3;1-19-16-24(28(3,4)5)18-26(20(19)2)27-25-13-12-22(21-10-8-7-9-11-21)17-23(25)14-15-29(27)6;1-18(2)24-15-19(3)20(4)26(17-24)27-25-12-11-22(21-9-7-6-8-10-21)16-23(25)13-14-28(27)5;1-16-14-23(17(2)18(3)24(16)26)25-22-11-10-20(19-8-6-5-7-9-19)15-21(22)12-13-27(25)4;1-17-14-18(2)19(3)24(15-17)25-23-11-10-21(20-8-6-5-7-9-20)16-22(23)12-13-26(25)4/h13-19,22-23H,4-12H2,1-3H3;12-18,21H,7-11H2,1-6H3;11-18,21H,6-10H2,1-5H3;10-15,19H,5-9H2,1-4H3;10-16,20H,5-9H2,1-4H3/q5*+1. The Balaban J connectivity index is 0.000000121. The molecule has 6 fully saturated rings. The quantitative estimate of drug-likeness (QED) is 0.109. The van der Waals surface area contributed by atoms with Crippen molar-refractivity contribution in [3.63, 3.8) is 0 Å². The third-order valence-corrected chi connectivity index (χ3v) is 34.7. The van der Waals surface area contributed by atoms with Crippen LogP contribution in [0.4, 0.5) is 4.39 Å². The molecule has 5 aromatic heterocycles. The van der Waals surface area contributed by atoms with Gasteiger partial charge < -0.3 is 0 Å². The lowest BCUT2D eigenvalue weighted by Crippen LogP contribution is -2.31. The van der Waals surface area contributed by atoms with E-state index >= 15 is 0 Å². The van der Waals surface area contributed by atoms with Gasteiger partial charge in [0, 0.05) is 30.3 Å². The molecule has 6 aliphatic carbocycles. The molecule has 5 heterocycles. The molecule has 0 N–H and O–H groups in total. The maximum absolute atomic E-state index is 14.4. The number of rotatable bonds is 12. The lowest BCUT2D eigenvalue weighted by Gasteiger charge is -2.23. The normalized spacial score (nSPS) is 16.2. The number of hydrogen-bond donors (Lipinski definition) is 0. The molecule has 21 rings (SSSR count). The van der Waals surface area contributed by atoms with Gasteiger partial charge >= 0.3 is 0 Å². The van der Waals surface area contributed by atoms with Crippen molar-refractivity contribution in [2.24, 2.45) is 35.2 Å². The Morgan fingerprint density at radius 1 is 0.243 bits per heavy atom. The van der Waals surface area contributed by atoms with Gasteiger partial charge in [0.15, 0.2) is 31.0 Å². The van der Waals surface area contributed by atoms with Gasteiger partial charge in [-0.15, -0.1) is 0 Å². The molecule has 6 aliphatic rings. The molecule has 0 saturated heterocycles. The average Bonchev–Trinajstić information content (AvgIpc) is 0.854. The van der Waals surface area contributed by atoms with Crippen molar-refractivity contribution in [3.8, 4) is 56.3 Å².